The van der Waals surface area contributed by atoms with E-state index in [1.165, 1.54) is 12.1 Å². The molecule has 1 atom stereocenters. The first-order valence-electron chi connectivity index (χ1n) is 8.02. The van der Waals surface area contributed by atoms with Gasteiger partial charge in [-0.3, -0.25) is 4.79 Å². The molecule has 2 aromatic rings. The number of benzene rings is 2. The topological polar surface area (TPSA) is 75.3 Å². The van der Waals surface area contributed by atoms with Crippen LogP contribution in [0.15, 0.2) is 59.5 Å². The van der Waals surface area contributed by atoms with Crippen LogP contribution >= 0.6 is 0 Å². The third-order valence-corrected chi connectivity index (χ3v) is 5.06. The second-order valence-corrected chi connectivity index (χ2v) is 7.32. The number of sulfonamides is 1. The number of carbonyl (C=O) groups is 1. The molecule has 0 aliphatic rings. The van der Waals surface area contributed by atoms with Crippen LogP contribution in [0.4, 0.5) is 4.39 Å². The van der Waals surface area contributed by atoms with Crippen LogP contribution in [0.2, 0.25) is 0 Å². The van der Waals surface area contributed by atoms with Crippen LogP contribution in [0.3, 0.4) is 0 Å². The van der Waals surface area contributed by atoms with Crippen LogP contribution in [0.5, 0.6) is 0 Å². The number of carbonyl (C=O) groups excluding carboxylic acids is 1. The third-order valence-electron chi connectivity index (χ3n) is 3.57. The molecule has 0 radical (unpaired) electrons. The highest BCUT2D eigenvalue weighted by atomic mass is 32.2. The Morgan fingerprint density at radius 2 is 1.72 bits per heavy atom. The molecule has 1 amide bonds. The predicted octanol–water partition coefficient (Wildman–Crippen LogP) is 2.24. The molecule has 2 aromatic carbocycles. The first kappa shape index (κ1) is 19.1. The van der Waals surface area contributed by atoms with Crippen LogP contribution in [0.1, 0.15) is 18.9 Å². The van der Waals surface area contributed by atoms with Crippen molar-refractivity contribution in [1.82, 2.24) is 10.0 Å². The van der Waals surface area contributed by atoms with Crippen molar-refractivity contribution in [1.29, 1.82) is 0 Å². The highest BCUT2D eigenvalue weighted by molar-refractivity contribution is 7.89. The highest BCUT2D eigenvalue weighted by Gasteiger charge is 2.25. The van der Waals surface area contributed by atoms with Crippen molar-refractivity contribution < 1.29 is 17.6 Å². The maximum Gasteiger partial charge on any atom is 0.241 e. The van der Waals surface area contributed by atoms with Crippen LogP contribution in [-0.2, 0) is 21.2 Å². The van der Waals surface area contributed by atoms with Crippen molar-refractivity contribution in [2.24, 2.45) is 0 Å². The number of halogens is 1. The van der Waals surface area contributed by atoms with E-state index in [4.69, 9.17) is 0 Å². The van der Waals surface area contributed by atoms with Crippen LogP contribution in [0.25, 0.3) is 0 Å². The van der Waals surface area contributed by atoms with Crippen LogP contribution in [0, 0.1) is 5.82 Å². The minimum Gasteiger partial charge on any atom is -0.355 e. The number of rotatable bonds is 8. The highest BCUT2D eigenvalue weighted by Crippen LogP contribution is 2.12. The van der Waals surface area contributed by atoms with Crippen molar-refractivity contribution in [2.75, 3.05) is 6.54 Å². The van der Waals surface area contributed by atoms with Gasteiger partial charge in [0.2, 0.25) is 15.9 Å². The van der Waals surface area contributed by atoms with Gasteiger partial charge in [0.25, 0.3) is 0 Å². The second kappa shape index (κ2) is 8.73. The largest absolute Gasteiger partial charge is 0.355 e. The van der Waals surface area contributed by atoms with E-state index in [-0.39, 0.29) is 11.3 Å². The zero-order valence-electron chi connectivity index (χ0n) is 13.9. The Labute approximate surface area is 147 Å². The monoisotopic (exact) mass is 364 g/mol. The molecule has 134 valence electrons. The van der Waals surface area contributed by atoms with E-state index >= 15 is 0 Å². The molecule has 7 heteroatoms. The molecule has 0 aliphatic carbocycles. The standard InChI is InChI=1S/C18H21FN2O3S/c1-2-12-20-18(22)17(13-14-6-4-3-5-7-14)21-25(23,24)16-10-8-15(19)9-11-16/h3-11,17,21H,2,12-13H2,1H3,(H,20,22)/t17-/m1/s1. The Kier molecular flexibility index (Phi) is 6.66. The fraction of sp³-hybridized carbons (Fsp3) is 0.278. The molecule has 2 rings (SSSR count). The summed E-state index contributed by atoms with van der Waals surface area (Å²) in [6.07, 6.45) is 0.964. The summed E-state index contributed by atoms with van der Waals surface area (Å²) in [6.45, 7) is 2.37. The summed E-state index contributed by atoms with van der Waals surface area (Å²) >= 11 is 0. The molecule has 0 aromatic heterocycles. The minimum atomic E-state index is -3.94. The summed E-state index contributed by atoms with van der Waals surface area (Å²) in [4.78, 5) is 12.3. The van der Waals surface area contributed by atoms with Gasteiger partial charge in [0, 0.05) is 6.54 Å². The normalized spacial score (nSPS) is 12.6. The quantitative estimate of drug-likeness (QED) is 0.754. The molecule has 0 spiro atoms. The lowest BCUT2D eigenvalue weighted by Crippen LogP contribution is -2.48. The van der Waals surface area contributed by atoms with Gasteiger partial charge in [-0.15, -0.1) is 0 Å². The van der Waals surface area contributed by atoms with Gasteiger partial charge in [-0.25, -0.2) is 12.8 Å². The smallest absolute Gasteiger partial charge is 0.241 e. The van der Waals surface area contributed by atoms with Crippen molar-refractivity contribution in [3.8, 4) is 0 Å². The third kappa shape index (κ3) is 5.65. The Hall–Kier alpha value is -2.25. The molecule has 0 unspecified atom stereocenters. The number of nitrogens with one attached hydrogen (secondary N) is 2. The second-order valence-electron chi connectivity index (χ2n) is 5.61. The fourth-order valence-electron chi connectivity index (χ4n) is 2.28. The Morgan fingerprint density at radius 1 is 1.08 bits per heavy atom. The lowest BCUT2D eigenvalue weighted by molar-refractivity contribution is -0.122. The van der Waals surface area contributed by atoms with Crippen LogP contribution < -0.4 is 10.0 Å². The molecule has 5 nitrogen and oxygen atoms in total. The fourth-order valence-corrected chi connectivity index (χ4v) is 3.47. The van der Waals surface area contributed by atoms with Gasteiger partial charge in [0.05, 0.1) is 4.90 Å². The average molecular weight is 364 g/mol. The van der Waals surface area contributed by atoms with E-state index in [0.717, 1.165) is 24.1 Å². The Balaban J connectivity index is 2.22. The number of amides is 1. The zero-order chi connectivity index (χ0) is 18.3. The SMILES string of the molecule is CCCNC(=O)[C@@H](Cc1ccccc1)NS(=O)(=O)c1ccc(F)cc1. The lowest BCUT2D eigenvalue weighted by Gasteiger charge is -2.18. The Bertz CT molecular complexity index is 793. The molecule has 2 N–H and O–H groups in total. The summed E-state index contributed by atoms with van der Waals surface area (Å²) in [5.74, 6) is -0.920. The molecule has 25 heavy (non-hydrogen) atoms. The van der Waals surface area contributed by atoms with Gasteiger partial charge in [0.1, 0.15) is 11.9 Å². The predicted molar refractivity (Wildman–Crippen MR) is 94.0 cm³/mol. The number of hydrogen-bond donors (Lipinski definition) is 2. The Morgan fingerprint density at radius 3 is 2.32 bits per heavy atom. The van der Waals surface area contributed by atoms with E-state index in [1.807, 2.05) is 37.3 Å². The minimum absolute atomic E-state index is 0.0877. The van der Waals surface area contributed by atoms with Gasteiger partial charge >= 0.3 is 0 Å². The molecule has 0 fully saturated rings. The van der Waals surface area contributed by atoms with E-state index in [1.54, 1.807) is 0 Å². The zero-order valence-corrected chi connectivity index (χ0v) is 14.7. The van der Waals surface area contributed by atoms with Gasteiger partial charge in [0.15, 0.2) is 0 Å². The number of hydrogen-bond acceptors (Lipinski definition) is 3. The van der Waals surface area contributed by atoms with Crippen molar-refractivity contribution in [2.45, 2.75) is 30.7 Å². The van der Waals surface area contributed by atoms with E-state index in [2.05, 4.69) is 10.0 Å². The lowest BCUT2D eigenvalue weighted by atomic mass is 10.1. The van der Waals surface area contributed by atoms with Gasteiger partial charge in [-0.1, -0.05) is 37.3 Å². The van der Waals surface area contributed by atoms with Gasteiger partial charge in [-0.05, 0) is 42.7 Å². The van der Waals surface area contributed by atoms with E-state index in [9.17, 15) is 17.6 Å². The molecular weight excluding hydrogens is 343 g/mol. The molecule has 0 saturated carbocycles. The van der Waals surface area contributed by atoms with E-state index in [0.29, 0.717) is 6.54 Å². The molecule has 0 saturated heterocycles. The average Bonchev–Trinajstić information content (AvgIpc) is 2.60. The molecule has 0 bridgehead atoms. The summed E-state index contributed by atoms with van der Waals surface area (Å²) in [6, 6.07) is 12.7. The maximum atomic E-state index is 13.0. The van der Waals surface area contributed by atoms with Crippen molar-refractivity contribution in [3.63, 3.8) is 0 Å². The summed E-state index contributed by atoms with van der Waals surface area (Å²) in [5.41, 5.74) is 0.834. The van der Waals surface area contributed by atoms with Crippen LogP contribution in [-0.4, -0.2) is 26.9 Å². The molecule has 0 heterocycles. The first-order valence-corrected chi connectivity index (χ1v) is 9.50. The van der Waals surface area contributed by atoms with Gasteiger partial charge < -0.3 is 5.32 Å². The molecule has 0 aliphatic heterocycles. The van der Waals surface area contributed by atoms with Crippen molar-refractivity contribution >= 4 is 15.9 Å². The maximum absolute atomic E-state index is 13.0. The summed E-state index contributed by atoms with van der Waals surface area (Å²) in [5, 5.41) is 2.71. The summed E-state index contributed by atoms with van der Waals surface area (Å²) < 4.78 is 40.5. The molecular formula is C18H21FN2O3S. The van der Waals surface area contributed by atoms with Gasteiger partial charge in [-0.2, -0.15) is 4.72 Å². The first-order chi connectivity index (χ1) is 11.9. The van der Waals surface area contributed by atoms with E-state index < -0.39 is 27.8 Å². The van der Waals surface area contributed by atoms with Crippen molar-refractivity contribution in [3.05, 3.63) is 66.0 Å². The summed E-state index contributed by atoms with van der Waals surface area (Å²) in [7, 11) is -3.94.